The number of hydrogen-bond acceptors (Lipinski definition) is 1. The highest BCUT2D eigenvalue weighted by Gasteiger charge is 2.19. The summed E-state index contributed by atoms with van der Waals surface area (Å²) in [4.78, 5) is 0. The lowest BCUT2D eigenvalue weighted by molar-refractivity contribution is 0.180. The van der Waals surface area contributed by atoms with Crippen LogP contribution in [0.4, 0.5) is 0 Å². The van der Waals surface area contributed by atoms with Crippen LogP contribution in [0.15, 0.2) is 18.2 Å². The van der Waals surface area contributed by atoms with Gasteiger partial charge in [0.15, 0.2) is 0 Å². The lowest BCUT2D eigenvalue weighted by Gasteiger charge is -2.03. The Morgan fingerprint density at radius 2 is 2.00 bits per heavy atom. The van der Waals surface area contributed by atoms with Crippen LogP contribution in [0.3, 0.4) is 0 Å². The van der Waals surface area contributed by atoms with Gasteiger partial charge in [-0.25, -0.2) is 0 Å². The van der Waals surface area contributed by atoms with E-state index >= 15 is 0 Å². The summed E-state index contributed by atoms with van der Waals surface area (Å²) in [5, 5.41) is 9.51. The third-order valence-corrected chi connectivity index (χ3v) is 2.35. The molecular weight excluding hydrogens is 160 g/mol. The second-order valence-corrected chi connectivity index (χ2v) is 3.26. The van der Waals surface area contributed by atoms with Crippen LogP contribution >= 0.6 is 0 Å². The summed E-state index contributed by atoms with van der Waals surface area (Å²) in [6.07, 6.45) is 1.74. The average molecular weight is 178 g/mol. The maximum atomic E-state index is 9.51. The van der Waals surface area contributed by atoms with Crippen LogP contribution in [0.25, 0.3) is 0 Å². The predicted octanol–water partition coefficient (Wildman–Crippen LogP) is 3.00. The van der Waals surface area contributed by atoms with E-state index in [4.69, 9.17) is 0 Å². The molecule has 0 heterocycles. The van der Waals surface area contributed by atoms with Gasteiger partial charge in [-0.2, -0.15) is 0 Å². The summed E-state index contributed by atoms with van der Waals surface area (Å²) in [6.45, 7) is 6.06. The van der Waals surface area contributed by atoms with E-state index in [9.17, 15) is 5.11 Å². The summed E-state index contributed by atoms with van der Waals surface area (Å²) in [6, 6.07) is 6.32. The Kier molecular flexibility index (Phi) is 3.49. The summed E-state index contributed by atoms with van der Waals surface area (Å²) in [5.74, 6) is 0. The molecule has 1 atom stereocenters. The van der Waals surface area contributed by atoms with Crippen molar-refractivity contribution in [1.82, 2.24) is 0 Å². The summed E-state index contributed by atoms with van der Waals surface area (Å²) >= 11 is 0. The Balaban J connectivity index is 0.000000396. The normalized spacial score (nSPS) is 18.9. The van der Waals surface area contributed by atoms with Gasteiger partial charge in [-0.3, -0.25) is 0 Å². The molecule has 1 aromatic carbocycles. The standard InChI is InChI=1S/C10H12O.C2H6/c1-7-2-3-8-4-5-10(11)9(8)6-7;1-2/h2-3,6,10-11H,4-5H2,1H3;1-2H3. The molecule has 2 rings (SSSR count). The summed E-state index contributed by atoms with van der Waals surface area (Å²) in [5.41, 5.74) is 3.71. The zero-order chi connectivity index (χ0) is 9.84. The first-order chi connectivity index (χ1) is 6.27. The minimum atomic E-state index is -0.204. The fraction of sp³-hybridized carbons (Fsp3) is 0.500. The van der Waals surface area contributed by atoms with Crippen molar-refractivity contribution in [3.8, 4) is 0 Å². The molecule has 0 aliphatic heterocycles. The van der Waals surface area contributed by atoms with E-state index in [-0.39, 0.29) is 6.10 Å². The zero-order valence-corrected chi connectivity index (χ0v) is 8.67. The van der Waals surface area contributed by atoms with Crippen LogP contribution < -0.4 is 0 Å². The third kappa shape index (κ3) is 2.10. The summed E-state index contributed by atoms with van der Waals surface area (Å²) < 4.78 is 0. The maximum Gasteiger partial charge on any atom is 0.0796 e. The van der Waals surface area contributed by atoms with Crippen molar-refractivity contribution < 1.29 is 5.11 Å². The molecule has 1 aliphatic rings. The second-order valence-electron chi connectivity index (χ2n) is 3.26. The fourth-order valence-corrected chi connectivity index (χ4v) is 1.70. The predicted molar refractivity (Wildman–Crippen MR) is 55.8 cm³/mol. The molecule has 0 spiro atoms. The molecule has 1 nitrogen and oxygen atoms in total. The highest BCUT2D eigenvalue weighted by molar-refractivity contribution is 5.36. The minimum absolute atomic E-state index is 0.204. The first kappa shape index (κ1) is 10.3. The van der Waals surface area contributed by atoms with E-state index in [0.29, 0.717) is 0 Å². The van der Waals surface area contributed by atoms with Gasteiger partial charge in [0, 0.05) is 0 Å². The SMILES string of the molecule is CC.Cc1ccc2c(c1)C(O)CC2. The van der Waals surface area contributed by atoms with Gasteiger partial charge in [0.2, 0.25) is 0 Å². The molecular formula is C12H18O. The molecule has 1 heteroatoms. The van der Waals surface area contributed by atoms with Gasteiger partial charge in [-0.15, -0.1) is 0 Å². The smallest absolute Gasteiger partial charge is 0.0796 e. The van der Waals surface area contributed by atoms with E-state index in [1.807, 2.05) is 13.8 Å². The molecule has 72 valence electrons. The Labute approximate surface area is 80.4 Å². The van der Waals surface area contributed by atoms with Gasteiger partial charge >= 0.3 is 0 Å². The highest BCUT2D eigenvalue weighted by Crippen LogP contribution is 2.31. The molecule has 0 radical (unpaired) electrons. The van der Waals surface area contributed by atoms with E-state index in [2.05, 4.69) is 25.1 Å². The van der Waals surface area contributed by atoms with Crippen molar-refractivity contribution in [2.24, 2.45) is 0 Å². The number of hydrogen-bond donors (Lipinski definition) is 1. The third-order valence-electron chi connectivity index (χ3n) is 2.35. The average Bonchev–Trinajstić information content (AvgIpc) is 2.52. The van der Waals surface area contributed by atoms with E-state index in [0.717, 1.165) is 18.4 Å². The summed E-state index contributed by atoms with van der Waals surface area (Å²) in [7, 11) is 0. The quantitative estimate of drug-likeness (QED) is 0.647. The largest absolute Gasteiger partial charge is 0.388 e. The van der Waals surface area contributed by atoms with Crippen molar-refractivity contribution >= 4 is 0 Å². The van der Waals surface area contributed by atoms with Gasteiger partial charge in [0.05, 0.1) is 6.10 Å². The molecule has 13 heavy (non-hydrogen) atoms. The lowest BCUT2D eigenvalue weighted by Crippen LogP contribution is -1.90. The van der Waals surface area contributed by atoms with E-state index < -0.39 is 0 Å². The van der Waals surface area contributed by atoms with Gasteiger partial charge in [0.25, 0.3) is 0 Å². The fourth-order valence-electron chi connectivity index (χ4n) is 1.70. The first-order valence-electron chi connectivity index (χ1n) is 5.05. The number of aliphatic hydroxyl groups is 1. The molecule has 0 fully saturated rings. The van der Waals surface area contributed by atoms with Crippen molar-refractivity contribution in [1.29, 1.82) is 0 Å². The number of aliphatic hydroxyl groups excluding tert-OH is 1. The zero-order valence-electron chi connectivity index (χ0n) is 8.67. The molecule has 0 saturated heterocycles. The first-order valence-corrected chi connectivity index (χ1v) is 5.05. The van der Waals surface area contributed by atoms with Crippen LogP contribution in [0.1, 0.15) is 43.1 Å². The number of benzene rings is 1. The number of rotatable bonds is 0. The van der Waals surface area contributed by atoms with Crippen molar-refractivity contribution in [3.05, 3.63) is 34.9 Å². The van der Waals surface area contributed by atoms with Crippen molar-refractivity contribution in [2.75, 3.05) is 0 Å². The molecule has 1 aromatic rings. The minimum Gasteiger partial charge on any atom is -0.388 e. The molecule has 1 unspecified atom stereocenters. The highest BCUT2D eigenvalue weighted by atomic mass is 16.3. The molecule has 1 N–H and O–H groups in total. The van der Waals surface area contributed by atoms with Crippen LogP contribution in [0.2, 0.25) is 0 Å². The van der Waals surface area contributed by atoms with Crippen LogP contribution in [-0.4, -0.2) is 5.11 Å². The Morgan fingerprint density at radius 1 is 1.31 bits per heavy atom. The monoisotopic (exact) mass is 178 g/mol. The Morgan fingerprint density at radius 3 is 2.69 bits per heavy atom. The maximum absolute atomic E-state index is 9.51. The Bertz CT molecular complexity index is 278. The lowest BCUT2D eigenvalue weighted by atomic mass is 10.1. The van der Waals surface area contributed by atoms with Crippen molar-refractivity contribution in [3.63, 3.8) is 0 Å². The van der Waals surface area contributed by atoms with Gasteiger partial charge < -0.3 is 5.11 Å². The van der Waals surface area contributed by atoms with Gasteiger partial charge in [-0.1, -0.05) is 37.6 Å². The van der Waals surface area contributed by atoms with Crippen molar-refractivity contribution in [2.45, 2.75) is 39.7 Å². The molecule has 0 bridgehead atoms. The Hall–Kier alpha value is -0.820. The van der Waals surface area contributed by atoms with Gasteiger partial charge in [0.1, 0.15) is 0 Å². The number of fused-ring (bicyclic) bond motifs is 1. The van der Waals surface area contributed by atoms with Gasteiger partial charge in [-0.05, 0) is 30.9 Å². The molecule has 0 aromatic heterocycles. The molecule has 0 saturated carbocycles. The van der Waals surface area contributed by atoms with Crippen LogP contribution in [0.5, 0.6) is 0 Å². The topological polar surface area (TPSA) is 20.2 Å². The number of aryl methyl sites for hydroxylation is 2. The van der Waals surface area contributed by atoms with E-state index in [1.165, 1.54) is 11.1 Å². The molecule has 0 amide bonds. The van der Waals surface area contributed by atoms with E-state index in [1.54, 1.807) is 0 Å². The molecule has 1 aliphatic carbocycles. The second kappa shape index (κ2) is 4.43. The van der Waals surface area contributed by atoms with Crippen LogP contribution in [0, 0.1) is 6.92 Å². The van der Waals surface area contributed by atoms with Crippen LogP contribution in [-0.2, 0) is 6.42 Å².